The third-order valence-corrected chi connectivity index (χ3v) is 5.31. The van der Waals surface area contributed by atoms with Crippen molar-refractivity contribution in [2.75, 3.05) is 42.3 Å². The van der Waals surface area contributed by atoms with E-state index in [2.05, 4.69) is 10.3 Å². The number of aromatic nitrogens is 1. The Hall–Kier alpha value is -3.62. The summed E-state index contributed by atoms with van der Waals surface area (Å²) in [5, 5.41) is 9.93. The predicted octanol–water partition coefficient (Wildman–Crippen LogP) is 2.00. The van der Waals surface area contributed by atoms with Gasteiger partial charge in [-0.1, -0.05) is 12.1 Å². The summed E-state index contributed by atoms with van der Waals surface area (Å²) < 4.78 is 0. The molecular formula is C21H27N7O2. The van der Waals surface area contributed by atoms with Gasteiger partial charge in [-0.05, 0) is 37.0 Å². The molecule has 1 atom stereocenters. The Morgan fingerprint density at radius 2 is 2.07 bits per heavy atom. The van der Waals surface area contributed by atoms with Crippen LogP contribution in [0.15, 0.2) is 30.5 Å². The zero-order chi connectivity index (χ0) is 21.8. The van der Waals surface area contributed by atoms with E-state index in [-0.39, 0.29) is 28.8 Å². The van der Waals surface area contributed by atoms with E-state index in [1.807, 2.05) is 43.3 Å². The average Bonchev–Trinajstić information content (AvgIpc) is 2.75. The molecule has 6 N–H and O–H groups in total. The number of benzene rings is 1. The van der Waals surface area contributed by atoms with E-state index in [9.17, 15) is 9.59 Å². The molecule has 0 unspecified atom stereocenters. The zero-order valence-corrected chi connectivity index (χ0v) is 17.2. The first-order valence-electron chi connectivity index (χ1n) is 9.77. The number of carbonyl (C=O) groups is 2. The summed E-state index contributed by atoms with van der Waals surface area (Å²) in [5.74, 6) is -1.33. The minimum atomic E-state index is -0.792. The van der Waals surface area contributed by atoms with E-state index in [1.165, 1.54) is 6.20 Å². The molecule has 0 bridgehead atoms. The van der Waals surface area contributed by atoms with Gasteiger partial charge in [0, 0.05) is 32.5 Å². The molecule has 2 aromatic rings. The van der Waals surface area contributed by atoms with Crippen molar-refractivity contribution in [2.45, 2.75) is 25.3 Å². The van der Waals surface area contributed by atoms with Crippen molar-refractivity contribution in [3.05, 3.63) is 41.6 Å². The fourth-order valence-electron chi connectivity index (χ4n) is 3.65. The van der Waals surface area contributed by atoms with E-state index in [1.54, 1.807) is 4.90 Å². The standard InChI is InChI=1S/C21H27N7O2/c1-27(2)14-7-5-6-13(10-14)17-8-3-4-9-28(17)21(30)20(29)26-16-12-25-19(24)15(11-22)18(16)23/h5-7,10-12,17,22H,3-4,8-9H2,1-2H3,(H,26,29)(H4,23,24,25)/t17-/m1/s1. The highest BCUT2D eigenvalue weighted by atomic mass is 16.2. The van der Waals surface area contributed by atoms with Gasteiger partial charge in [-0.2, -0.15) is 0 Å². The second kappa shape index (κ2) is 8.81. The van der Waals surface area contributed by atoms with Crippen LogP contribution in [-0.2, 0) is 9.59 Å². The smallest absolute Gasteiger partial charge is 0.314 e. The topological polar surface area (TPSA) is 141 Å². The summed E-state index contributed by atoms with van der Waals surface area (Å²) in [6.07, 6.45) is 4.87. The van der Waals surface area contributed by atoms with Crippen LogP contribution in [-0.4, -0.2) is 48.6 Å². The minimum Gasteiger partial charge on any atom is -0.396 e. The molecular weight excluding hydrogens is 382 g/mol. The number of likely N-dealkylation sites (tertiary alicyclic amines) is 1. The molecule has 1 saturated heterocycles. The number of nitrogens with two attached hydrogens (primary N) is 2. The first-order chi connectivity index (χ1) is 14.3. The molecule has 30 heavy (non-hydrogen) atoms. The Morgan fingerprint density at radius 3 is 2.77 bits per heavy atom. The normalized spacial score (nSPS) is 16.1. The highest BCUT2D eigenvalue weighted by molar-refractivity contribution is 6.40. The van der Waals surface area contributed by atoms with Crippen molar-refractivity contribution in [2.24, 2.45) is 0 Å². The third kappa shape index (κ3) is 4.19. The van der Waals surface area contributed by atoms with Gasteiger partial charge in [-0.15, -0.1) is 0 Å². The lowest BCUT2D eigenvalue weighted by molar-refractivity contribution is -0.145. The van der Waals surface area contributed by atoms with E-state index in [4.69, 9.17) is 16.9 Å². The van der Waals surface area contributed by atoms with Crippen LogP contribution < -0.4 is 21.7 Å². The Balaban J connectivity index is 1.83. The number of nitrogens with zero attached hydrogens (tertiary/aromatic N) is 3. The fraction of sp³-hybridized carbons (Fsp3) is 0.333. The van der Waals surface area contributed by atoms with Gasteiger partial charge in [0.1, 0.15) is 5.82 Å². The zero-order valence-electron chi connectivity index (χ0n) is 17.2. The lowest BCUT2D eigenvalue weighted by atomic mass is 9.94. The molecule has 1 aliphatic heterocycles. The van der Waals surface area contributed by atoms with Gasteiger partial charge in [0.25, 0.3) is 0 Å². The van der Waals surface area contributed by atoms with E-state index in [0.717, 1.165) is 36.7 Å². The number of rotatable bonds is 4. The molecule has 1 aliphatic rings. The maximum Gasteiger partial charge on any atom is 0.314 e. The molecule has 9 nitrogen and oxygen atoms in total. The van der Waals surface area contributed by atoms with Crippen molar-refractivity contribution in [1.29, 1.82) is 5.41 Å². The average molecular weight is 409 g/mol. The van der Waals surface area contributed by atoms with Gasteiger partial charge >= 0.3 is 11.8 Å². The molecule has 9 heteroatoms. The second-order valence-electron chi connectivity index (χ2n) is 7.48. The molecule has 2 amide bonds. The van der Waals surface area contributed by atoms with Crippen LogP contribution in [0.25, 0.3) is 0 Å². The fourth-order valence-corrected chi connectivity index (χ4v) is 3.65. The number of carbonyl (C=O) groups excluding carboxylic acids is 2. The number of hydrogen-bond donors (Lipinski definition) is 4. The maximum atomic E-state index is 13.0. The summed E-state index contributed by atoms with van der Waals surface area (Å²) in [5.41, 5.74) is 14.2. The predicted molar refractivity (Wildman–Crippen MR) is 119 cm³/mol. The van der Waals surface area contributed by atoms with Gasteiger partial charge in [0.2, 0.25) is 0 Å². The Labute approximate surface area is 175 Å². The molecule has 2 heterocycles. The van der Waals surface area contributed by atoms with Crippen LogP contribution in [0.2, 0.25) is 0 Å². The van der Waals surface area contributed by atoms with Gasteiger partial charge < -0.3 is 32.0 Å². The number of nitrogens with one attached hydrogen (secondary N) is 2. The van der Waals surface area contributed by atoms with Crippen LogP contribution >= 0.6 is 0 Å². The Bertz CT molecular complexity index is 974. The summed E-state index contributed by atoms with van der Waals surface area (Å²) in [7, 11) is 3.92. The van der Waals surface area contributed by atoms with E-state index >= 15 is 0 Å². The first kappa shape index (κ1) is 21.1. The molecule has 3 rings (SSSR count). The summed E-state index contributed by atoms with van der Waals surface area (Å²) in [6.45, 7) is 0.504. The summed E-state index contributed by atoms with van der Waals surface area (Å²) >= 11 is 0. The van der Waals surface area contributed by atoms with Gasteiger partial charge in [0.05, 0.1) is 29.2 Å². The van der Waals surface area contributed by atoms with E-state index < -0.39 is 11.8 Å². The van der Waals surface area contributed by atoms with Crippen LogP contribution in [0, 0.1) is 5.41 Å². The number of hydrogen-bond acceptors (Lipinski definition) is 7. The maximum absolute atomic E-state index is 13.0. The number of amides is 2. The van der Waals surface area contributed by atoms with Gasteiger partial charge in [-0.3, -0.25) is 9.59 Å². The minimum absolute atomic E-state index is 0.0868. The van der Waals surface area contributed by atoms with Gasteiger partial charge in [0.15, 0.2) is 0 Å². The van der Waals surface area contributed by atoms with Crippen LogP contribution in [0.3, 0.4) is 0 Å². The van der Waals surface area contributed by atoms with Crippen LogP contribution in [0.4, 0.5) is 22.9 Å². The van der Waals surface area contributed by atoms with Gasteiger partial charge in [-0.25, -0.2) is 4.98 Å². The lowest BCUT2D eigenvalue weighted by Crippen LogP contribution is -2.44. The lowest BCUT2D eigenvalue weighted by Gasteiger charge is -2.36. The van der Waals surface area contributed by atoms with Crippen LogP contribution in [0.1, 0.15) is 36.4 Å². The SMILES string of the molecule is CN(C)c1cccc([C@H]2CCCCN2C(=O)C(=O)Nc2cnc(N)c(C=N)c2N)c1. The second-order valence-corrected chi connectivity index (χ2v) is 7.48. The monoisotopic (exact) mass is 409 g/mol. The van der Waals surface area contributed by atoms with Crippen LogP contribution in [0.5, 0.6) is 0 Å². The molecule has 1 aromatic carbocycles. The van der Waals surface area contributed by atoms with Crippen molar-refractivity contribution < 1.29 is 9.59 Å². The molecule has 1 fully saturated rings. The summed E-state index contributed by atoms with van der Waals surface area (Å²) in [4.78, 5) is 33.3. The molecule has 1 aromatic heterocycles. The van der Waals surface area contributed by atoms with Crippen molar-refractivity contribution in [3.63, 3.8) is 0 Å². The number of pyridine rings is 1. The quantitative estimate of drug-likeness (QED) is 0.449. The molecule has 0 aliphatic carbocycles. The molecule has 0 spiro atoms. The van der Waals surface area contributed by atoms with Crippen molar-refractivity contribution in [1.82, 2.24) is 9.88 Å². The largest absolute Gasteiger partial charge is 0.396 e. The van der Waals surface area contributed by atoms with Crippen molar-refractivity contribution in [3.8, 4) is 0 Å². The highest BCUT2D eigenvalue weighted by Crippen LogP contribution is 2.33. The Morgan fingerprint density at radius 1 is 1.30 bits per heavy atom. The van der Waals surface area contributed by atoms with E-state index in [0.29, 0.717) is 6.54 Å². The molecule has 0 saturated carbocycles. The number of nitrogen functional groups attached to an aromatic ring is 2. The molecule has 0 radical (unpaired) electrons. The highest BCUT2D eigenvalue weighted by Gasteiger charge is 2.32. The number of piperidine rings is 1. The third-order valence-electron chi connectivity index (χ3n) is 5.31. The Kier molecular flexibility index (Phi) is 6.20. The van der Waals surface area contributed by atoms with Crippen molar-refractivity contribution >= 4 is 40.9 Å². The number of anilines is 4. The first-order valence-corrected chi connectivity index (χ1v) is 9.77. The molecule has 158 valence electrons. The summed E-state index contributed by atoms with van der Waals surface area (Å²) in [6, 6.07) is 7.83.